The minimum absolute atomic E-state index is 0.382. The van der Waals surface area contributed by atoms with Crippen molar-refractivity contribution < 1.29 is 18.7 Å². The zero-order chi connectivity index (χ0) is 16.2. The van der Waals surface area contributed by atoms with Gasteiger partial charge in [0.1, 0.15) is 5.75 Å². The number of aromatic nitrogens is 2. The predicted molar refractivity (Wildman–Crippen MR) is 83.1 cm³/mol. The zero-order valence-electron chi connectivity index (χ0n) is 12.6. The van der Waals surface area contributed by atoms with Crippen molar-refractivity contribution >= 4 is 5.97 Å². The number of hydrogen-bond donors (Lipinski definition) is 0. The molecule has 0 bridgehead atoms. The molecule has 0 saturated carbocycles. The maximum Gasteiger partial charge on any atom is 0.337 e. The maximum atomic E-state index is 11.4. The van der Waals surface area contributed by atoms with E-state index in [4.69, 9.17) is 9.15 Å². The summed E-state index contributed by atoms with van der Waals surface area (Å²) >= 11 is 0. The van der Waals surface area contributed by atoms with Crippen LogP contribution in [0, 0.1) is 0 Å². The summed E-state index contributed by atoms with van der Waals surface area (Å²) in [5.74, 6) is 1.17. The molecule has 6 heteroatoms. The van der Waals surface area contributed by atoms with Crippen molar-refractivity contribution in [3.8, 4) is 28.7 Å². The summed E-state index contributed by atoms with van der Waals surface area (Å²) in [6.07, 6.45) is 0. The molecule has 0 radical (unpaired) electrons. The lowest BCUT2D eigenvalue weighted by molar-refractivity contribution is 0.0600. The van der Waals surface area contributed by atoms with E-state index in [9.17, 15) is 4.79 Å². The van der Waals surface area contributed by atoms with Crippen LogP contribution < -0.4 is 4.74 Å². The Morgan fingerprint density at radius 3 is 1.87 bits per heavy atom. The highest BCUT2D eigenvalue weighted by Crippen LogP contribution is 2.25. The van der Waals surface area contributed by atoms with Gasteiger partial charge < -0.3 is 13.9 Å². The summed E-state index contributed by atoms with van der Waals surface area (Å²) in [5, 5.41) is 8.08. The number of carbonyl (C=O) groups is 1. The number of ether oxygens (including phenoxy) is 2. The van der Waals surface area contributed by atoms with Gasteiger partial charge in [-0.15, -0.1) is 10.2 Å². The van der Waals surface area contributed by atoms with Crippen molar-refractivity contribution in [2.24, 2.45) is 0 Å². The first-order valence-electron chi connectivity index (χ1n) is 6.88. The molecule has 0 saturated heterocycles. The molecule has 0 aliphatic carbocycles. The van der Waals surface area contributed by atoms with Crippen LogP contribution in [-0.4, -0.2) is 30.4 Å². The lowest BCUT2D eigenvalue weighted by Crippen LogP contribution is -2.00. The van der Waals surface area contributed by atoms with Crippen molar-refractivity contribution in [1.82, 2.24) is 10.2 Å². The molecule has 0 atom stereocenters. The molecule has 116 valence electrons. The Morgan fingerprint density at radius 2 is 1.39 bits per heavy atom. The lowest BCUT2D eigenvalue weighted by Gasteiger charge is -2.00. The van der Waals surface area contributed by atoms with Gasteiger partial charge in [-0.25, -0.2) is 4.79 Å². The van der Waals surface area contributed by atoms with E-state index in [-0.39, 0.29) is 5.97 Å². The van der Waals surface area contributed by atoms with E-state index < -0.39 is 0 Å². The summed E-state index contributed by atoms with van der Waals surface area (Å²) in [7, 11) is 2.95. The third kappa shape index (κ3) is 3.06. The summed E-state index contributed by atoms with van der Waals surface area (Å²) < 4.78 is 15.5. The second-order valence-electron chi connectivity index (χ2n) is 4.71. The third-order valence-corrected chi connectivity index (χ3v) is 3.31. The average molecular weight is 310 g/mol. The van der Waals surface area contributed by atoms with Crippen LogP contribution >= 0.6 is 0 Å². The summed E-state index contributed by atoms with van der Waals surface area (Å²) in [4.78, 5) is 11.4. The molecule has 0 amide bonds. The van der Waals surface area contributed by atoms with Gasteiger partial charge in [0.05, 0.1) is 19.8 Å². The number of carbonyl (C=O) groups excluding carboxylic acids is 1. The average Bonchev–Trinajstić information content (AvgIpc) is 3.11. The number of esters is 1. The first kappa shape index (κ1) is 14.8. The van der Waals surface area contributed by atoms with Crippen LogP contribution in [0.3, 0.4) is 0 Å². The van der Waals surface area contributed by atoms with Gasteiger partial charge in [-0.2, -0.15) is 0 Å². The Morgan fingerprint density at radius 1 is 0.870 bits per heavy atom. The highest BCUT2D eigenvalue weighted by atomic mass is 16.5. The topological polar surface area (TPSA) is 74.5 Å². The SMILES string of the molecule is COC(=O)c1ccc(-c2nnc(-c3ccc(OC)cc3)o2)cc1. The molecule has 2 aromatic carbocycles. The molecule has 23 heavy (non-hydrogen) atoms. The number of hydrogen-bond acceptors (Lipinski definition) is 6. The quantitative estimate of drug-likeness (QED) is 0.689. The minimum Gasteiger partial charge on any atom is -0.497 e. The molecule has 1 aromatic heterocycles. The van der Waals surface area contributed by atoms with E-state index in [1.165, 1.54) is 7.11 Å². The van der Waals surface area contributed by atoms with Crippen LogP contribution in [0.1, 0.15) is 10.4 Å². The predicted octanol–water partition coefficient (Wildman–Crippen LogP) is 3.20. The van der Waals surface area contributed by atoms with E-state index in [0.29, 0.717) is 17.3 Å². The Labute approximate surface area is 132 Å². The number of rotatable bonds is 4. The molecule has 6 nitrogen and oxygen atoms in total. The molecule has 0 fully saturated rings. The van der Waals surface area contributed by atoms with Crippen molar-refractivity contribution in [3.05, 3.63) is 54.1 Å². The van der Waals surface area contributed by atoms with Crippen molar-refractivity contribution in [2.45, 2.75) is 0 Å². The third-order valence-electron chi connectivity index (χ3n) is 3.31. The lowest BCUT2D eigenvalue weighted by atomic mass is 10.1. The van der Waals surface area contributed by atoms with Crippen molar-refractivity contribution in [2.75, 3.05) is 14.2 Å². The Bertz CT molecular complexity index is 807. The van der Waals surface area contributed by atoms with Crippen LogP contribution in [0.2, 0.25) is 0 Å². The van der Waals surface area contributed by atoms with Crippen LogP contribution in [0.5, 0.6) is 5.75 Å². The van der Waals surface area contributed by atoms with Gasteiger partial charge in [-0.05, 0) is 48.5 Å². The van der Waals surface area contributed by atoms with E-state index in [2.05, 4.69) is 14.9 Å². The second kappa shape index (κ2) is 6.31. The van der Waals surface area contributed by atoms with Gasteiger partial charge in [0.25, 0.3) is 0 Å². The van der Waals surface area contributed by atoms with Crippen molar-refractivity contribution in [3.63, 3.8) is 0 Å². The summed E-state index contributed by atoms with van der Waals surface area (Å²) in [6, 6.07) is 14.1. The van der Waals surface area contributed by atoms with Crippen LogP contribution in [-0.2, 0) is 4.74 Å². The summed E-state index contributed by atoms with van der Waals surface area (Å²) in [6.45, 7) is 0. The molecule has 0 spiro atoms. The van der Waals surface area contributed by atoms with Gasteiger partial charge >= 0.3 is 5.97 Å². The molecule has 0 N–H and O–H groups in total. The van der Waals surface area contributed by atoms with E-state index in [0.717, 1.165) is 16.9 Å². The zero-order valence-corrected chi connectivity index (χ0v) is 12.6. The Hall–Kier alpha value is -3.15. The molecular weight excluding hydrogens is 296 g/mol. The standard InChI is InChI=1S/C17H14N2O4/c1-21-14-9-7-12(8-10-14)16-19-18-15(23-16)11-3-5-13(6-4-11)17(20)22-2/h3-10H,1-2H3. The smallest absolute Gasteiger partial charge is 0.337 e. The molecular formula is C17H14N2O4. The number of benzene rings is 2. The molecule has 0 unspecified atom stereocenters. The molecule has 3 aromatic rings. The van der Waals surface area contributed by atoms with E-state index in [1.807, 2.05) is 24.3 Å². The van der Waals surface area contributed by atoms with Crippen molar-refractivity contribution in [1.29, 1.82) is 0 Å². The fourth-order valence-electron chi connectivity index (χ4n) is 2.06. The minimum atomic E-state index is -0.388. The maximum absolute atomic E-state index is 11.4. The number of nitrogens with zero attached hydrogens (tertiary/aromatic N) is 2. The highest BCUT2D eigenvalue weighted by Gasteiger charge is 2.12. The second-order valence-corrected chi connectivity index (χ2v) is 4.71. The Kier molecular flexibility index (Phi) is 4.05. The molecule has 3 rings (SSSR count). The Balaban J connectivity index is 1.84. The van der Waals surface area contributed by atoms with Gasteiger partial charge in [0.2, 0.25) is 11.8 Å². The van der Waals surface area contributed by atoms with Gasteiger partial charge in [0, 0.05) is 11.1 Å². The van der Waals surface area contributed by atoms with E-state index >= 15 is 0 Å². The largest absolute Gasteiger partial charge is 0.497 e. The normalized spacial score (nSPS) is 10.3. The van der Waals surface area contributed by atoms with Crippen LogP contribution in [0.25, 0.3) is 22.9 Å². The fourth-order valence-corrected chi connectivity index (χ4v) is 2.06. The monoisotopic (exact) mass is 310 g/mol. The van der Waals surface area contributed by atoms with Gasteiger partial charge in [-0.3, -0.25) is 0 Å². The first-order chi connectivity index (χ1) is 11.2. The summed E-state index contributed by atoms with van der Waals surface area (Å²) in [5.41, 5.74) is 1.99. The van der Waals surface area contributed by atoms with E-state index in [1.54, 1.807) is 31.4 Å². The molecule has 0 aliphatic heterocycles. The van der Waals surface area contributed by atoms with Gasteiger partial charge in [-0.1, -0.05) is 0 Å². The fraction of sp³-hybridized carbons (Fsp3) is 0.118. The highest BCUT2D eigenvalue weighted by molar-refractivity contribution is 5.89. The van der Waals surface area contributed by atoms with Crippen LogP contribution in [0.15, 0.2) is 52.9 Å². The van der Waals surface area contributed by atoms with Gasteiger partial charge in [0.15, 0.2) is 0 Å². The first-order valence-corrected chi connectivity index (χ1v) is 6.88. The number of methoxy groups -OCH3 is 2. The molecule has 1 heterocycles. The molecule has 0 aliphatic rings. The van der Waals surface area contributed by atoms with Crippen LogP contribution in [0.4, 0.5) is 0 Å².